The van der Waals surface area contributed by atoms with Crippen molar-refractivity contribution in [2.24, 2.45) is 29.1 Å². The Morgan fingerprint density at radius 2 is 1.29 bits per heavy atom. The Morgan fingerprint density at radius 1 is 0.730 bits per heavy atom. The molecule has 332 valence electrons. The van der Waals surface area contributed by atoms with Gasteiger partial charge in [0.05, 0.1) is 50.1 Å². The van der Waals surface area contributed by atoms with Crippen LogP contribution in [-0.4, -0.2) is 95.3 Å². The number of rotatable bonds is 14. The highest BCUT2D eigenvalue weighted by Gasteiger charge is 2.55. The number of likely N-dealkylation sites (tertiary alicyclic amines) is 1. The number of aromatic nitrogens is 4. The van der Waals surface area contributed by atoms with Crippen LogP contribution in [-0.2, 0) is 23.8 Å². The lowest BCUT2D eigenvalue weighted by atomic mass is 9.84. The molecular weight excluding hydrogens is 799 g/mol. The Bertz CT molecular complexity index is 2470. The van der Waals surface area contributed by atoms with E-state index >= 15 is 0 Å². The molecule has 2 saturated carbocycles. The predicted octanol–water partition coefficient (Wildman–Crippen LogP) is 8.43. The van der Waals surface area contributed by atoms with Crippen LogP contribution < -0.4 is 10.6 Å². The van der Waals surface area contributed by atoms with Gasteiger partial charge < -0.3 is 39.7 Å². The van der Waals surface area contributed by atoms with Crippen LogP contribution in [0.25, 0.3) is 44.4 Å². The first-order valence-electron chi connectivity index (χ1n) is 22.1. The van der Waals surface area contributed by atoms with Crippen molar-refractivity contribution in [2.75, 3.05) is 34.5 Å². The van der Waals surface area contributed by atoms with Crippen LogP contribution in [0.2, 0.25) is 0 Å². The third kappa shape index (κ3) is 9.09. The molecule has 2 aliphatic carbocycles. The van der Waals surface area contributed by atoms with Gasteiger partial charge in [0, 0.05) is 37.7 Å². The number of amides is 3. The van der Waals surface area contributed by atoms with E-state index in [1.54, 1.807) is 7.11 Å². The summed E-state index contributed by atoms with van der Waals surface area (Å²) in [6.07, 6.45) is 6.88. The zero-order chi connectivity index (χ0) is 44.6. The zero-order valence-electron chi connectivity index (χ0n) is 37.2. The van der Waals surface area contributed by atoms with Crippen molar-refractivity contribution in [1.82, 2.24) is 35.5 Å². The molecule has 3 fully saturated rings. The van der Waals surface area contributed by atoms with E-state index in [2.05, 4.69) is 81.3 Å². The quantitative estimate of drug-likeness (QED) is 0.0853. The van der Waals surface area contributed by atoms with Gasteiger partial charge >= 0.3 is 12.2 Å². The highest BCUT2D eigenvalue weighted by atomic mass is 16.5. The molecule has 8 rings (SSSR count). The third-order valence-corrected chi connectivity index (χ3v) is 13.5. The van der Waals surface area contributed by atoms with Gasteiger partial charge in [-0.1, -0.05) is 76.2 Å². The molecule has 6 atom stereocenters. The van der Waals surface area contributed by atoms with E-state index in [1.807, 2.05) is 45.0 Å². The minimum absolute atomic E-state index is 0.0107. The number of hydrogen-bond acceptors (Lipinski definition) is 9. The number of alkyl carbamates (subject to hydrolysis) is 2. The van der Waals surface area contributed by atoms with Crippen molar-refractivity contribution in [1.29, 1.82) is 0 Å². The van der Waals surface area contributed by atoms with Crippen molar-refractivity contribution in [3.8, 4) is 33.6 Å². The fourth-order valence-electron chi connectivity index (χ4n) is 9.82. The molecule has 1 saturated heterocycles. The summed E-state index contributed by atoms with van der Waals surface area (Å²) in [5.74, 6) is 0.924. The van der Waals surface area contributed by atoms with Crippen molar-refractivity contribution in [2.45, 2.75) is 83.8 Å². The number of Topliss-reactive ketones (excluding diaryl/α,β-unsaturated/α-hetero) is 1. The smallest absolute Gasteiger partial charge is 0.407 e. The number of ether oxygens (including phenoxy) is 3. The Kier molecular flexibility index (Phi) is 12.5. The average molecular weight is 858 g/mol. The topological polar surface area (TPSA) is 181 Å². The fourth-order valence-corrected chi connectivity index (χ4v) is 9.82. The highest BCUT2D eigenvalue weighted by molar-refractivity contribution is 5.92. The SMILES string of the molecule is COC[C@@H]1CC(C(=O)[C@@H](NC(=O)OC)C(C)C)[C@H](c2ncc(-c3ccc(-c4ccc5cc(-c6cnc([C@@H]7CC8(CC8)CN7C(=O)[C@@H](NC(=O)OC)C(C)C)[nH]6)ccc5c4)cc3)[nH]2)C1. The zero-order valence-corrected chi connectivity index (χ0v) is 37.2. The molecule has 1 unspecified atom stereocenters. The normalized spacial score (nSPS) is 21.2. The molecule has 1 spiro atoms. The molecule has 14 nitrogen and oxygen atoms in total. The van der Waals surface area contributed by atoms with Crippen LogP contribution >= 0.6 is 0 Å². The molecular formula is C49H59N7O7. The maximum Gasteiger partial charge on any atom is 0.407 e. The van der Waals surface area contributed by atoms with Gasteiger partial charge in [-0.05, 0) is 94.9 Å². The summed E-state index contributed by atoms with van der Waals surface area (Å²) < 4.78 is 15.1. The maximum absolute atomic E-state index is 14.0. The second-order valence-electron chi connectivity index (χ2n) is 18.5. The van der Waals surface area contributed by atoms with Crippen LogP contribution in [0.1, 0.15) is 83.4 Å². The largest absolute Gasteiger partial charge is 0.453 e. The average Bonchev–Trinajstić information content (AvgIpc) is 3.78. The van der Waals surface area contributed by atoms with Gasteiger partial charge in [0.2, 0.25) is 5.91 Å². The van der Waals surface area contributed by atoms with Gasteiger partial charge in [0.15, 0.2) is 5.78 Å². The second-order valence-corrected chi connectivity index (χ2v) is 18.5. The van der Waals surface area contributed by atoms with Gasteiger partial charge in [-0.25, -0.2) is 19.6 Å². The molecule has 2 aromatic heterocycles. The number of ketones is 1. The van der Waals surface area contributed by atoms with Gasteiger partial charge in [-0.3, -0.25) is 9.59 Å². The first-order chi connectivity index (χ1) is 30.3. The molecule has 4 N–H and O–H groups in total. The molecule has 0 radical (unpaired) electrons. The minimum Gasteiger partial charge on any atom is -0.453 e. The van der Waals surface area contributed by atoms with Crippen LogP contribution in [0.15, 0.2) is 73.1 Å². The molecule has 3 amide bonds. The predicted molar refractivity (Wildman–Crippen MR) is 239 cm³/mol. The van der Waals surface area contributed by atoms with E-state index in [0.29, 0.717) is 19.6 Å². The Morgan fingerprint density at radius 3 is 1.90 bits per heavy atom. The van der Waals surface area contributed by atoms with Crippen molar-refractivity contribution < 1.29 is 33.4 Å². The number of carbonyl (C=O) groups excluding carboxylic acids is 4. The van der Waals surface area contributed by atoms with Crippen LogP contribution in [0.4, 0.5) is 9.59 Å². The van der Waals surface area contributed by atoms with Crippen LogP contribution in [0.3, 0.4) is 0 Å². The van der Waals surface area contributed by atoms with E-state index < -0.39 is 24.3 Å². The third-order valence-electron chi connectivity index (χ3n) is 13.5. The lowest BCUT2D eigenvalue weighted by Gasteiger charge is -2.30. The number of hydrogen-bond donors (Lipinski definition) is 4. The molecule has 14 heteroatoms. The summed E-state index contributed by atoms with van der Waals surface area (Å²) in [6.45, 7) is 8.91. The van der Waals surface area contributed by atoms with E-state index in [1.165, 1.54) is 14.2 Å². The van der Waals surface area contributed by atoms with Crippen LogP contribution in [0, 0.1) is 29.1 Å². The Balaban J connectivity index is 0.963. The van der Waals surface area contributed by atoms with Crippen molar-refractivity contribution in [3.63, 3.8) is 0 Å². The summed E-state index contributed by atoms with van der Waals surface area (Å²) >= 11 is 0. The Labute approximate surface area is 368 Å². The highest BCUT2D eigenvalue weighted by Crippen LogP contribution is 2.58. The summed E-state index contributed by atoms with van der Waals surface area (Å²) in [5, 5.41) is 7.71. The van der Waals surface area contributed by atoms with Gasteiger partial charge in [-0.2, -0.15) is 0 Å². The lowest BCUT2D eigenvalue weighted by molar-refractivity contribution is -0.135. The minimum atomic E-state index is -0.690. The summed E-state index contributed by atoms with van der Waals surface area (Å²) in [5.41, 5.74) is 6.02. The van der Waals surface area contributed by atoms with E-state index in [4.69, 9.17) is 24.2 Å². The first kappa shape index (κ1) is 43.6. The van der Waals surface area contributed by atoms with Gasteiger partial charge in [0.1, 0.15) is 17.7 Å². The van der Waals surface area contributed by atoms with E-state index in [0.717, 1.165) is 81.7 Å². The number of aromatic amines is 2. The number of carbonyl (C=O) groups is 4. The number of benzene rings is 3. The molecule has 3 aromatic carbocycles. The molecule has 5 aromatic rings. The molecule has 3 aliphatic rings. The first-order valence-corrected chi connectivity index (χ1v) is 22.1. The number of H-pyrrole nitrogens is 2. The number of nitrogens with one attached hydrogen (secondary N) is 4. The Hall–Kier alpha value is -6.02. The standard InChI is InChI=1S/C49H59N7O7/c1-27(2)41(54-47(59)62-6)43(57)36-18-29(25-61-5)19-37(36)44-50-23-38(52-44)31-10-8-30(9-11-31)32-12-13-34-21-35(15-14-33(34)20-32)39-24-51-45(53-39)40-22-49(16-17-49)26-56(40)46(58)42(28(3)4)55-48(60)63-7/h8-15,20-21,23-24,27-29,36-37,40-42H,16-19,22,25-26H2,1-7H3,(H,50,52)(H,51,53)(H,54,59)(H,55,60)/t29-,36?,37-,40+,41+,42+/m1/s1. The lowest BCUT2D eigenvalue weighted by Crippen LogP contribution is -2.51. The van der Waals surface area contributed by atoms with Crippen molar-refractivity contribution >= 4 is 34.6 Å². The maximum atomic E-state index is 14.0. The number of methoxy groups -OCH3 is 3. The number of fused-ring (bicyclic) bond motifs is 1. The molecule has 1 aliphatic heterocycles. The second kappa shape index (κ2) is 18.0. The number of imidazole rings is 2. The van der Waals surface area contributed by atoms with E-state index in [-0.39, 0.29) is 52.7 Å². The number of nitrogens with zero attached hydrogens (tertiary/aromatic N) is 3. The summed E-state index contributed by atoms with van der Waals surface area (Å²) in [4.78, 5) is 70.7. The molecule has 63 heavy (non-hydrogen) atoms. The summed E-state index contributed by atoms with van der Waals surface area (Å²) in [6, 6.07) is 19.7. The van der Waals surface area contributed by atoms with Crippen molar-refractivity contribution in [3.05, 3.63) is 84.7 Å². The van der Waals surface area contributed by atoms with Gasteiger partial charge in [-0.15, -0.1) is 0 Å². The molecule has 0 bridgehead atoms. The van der Waals surface area contributed by atoms with E-state index in [9.17, 15) is 19.2 Å². The monoisotopic (exact) mass is 857 g/mol. The fraction of sp³-hybridized carbons (Fsp3) is 0.469. The molecule has 3 heterocycles. The van der Waals surface area contributed by atoms with Crippen LogP contribution in [0.5, 0.6) is 0 Å². The summed E-state index contributed by atoms with van der Waals surface area (Å²) in [7, 11) is 4.29. The van der Waals surface area contributed by atoms with Gasteiger partial charge in [0.25, 0.3) is 0 Å².